The van der Waals surface area contributed by atoms with E-state index in [0.29, 0.717) is 28.6 Å². The first-order valence-corrected chi connectivity index (χ1v) is 13.1. The fourth-order valence-corrected chi connectivity index (χ4v) is 5.77. The monoisotopic (exact) mass is 535 g/mol. The number of carbonyl (C=O) groups excluding carboxylic acids is 2. The van der Waals surface area contributed by atoms with Gasteiger partial charge in [0.25, 0.3) is 0 Å². The van der Waals surface area contributed by atoms with Gasteiger partial charge in [-0.15, -0.1) is 11.3 Å². The van der Waals surface area contributed by atoms with Crippen LogP contribution in [0, 0.1) is 20.8 Å². The minimum atomic E-state index is -0.210. The first kappa shape index (κ1) is 25.0. The molecule has 1 unspecified atom stereocenters. The van der Waals surface area contributed by atoms with Gasteiger partial charge in [-0.25, -0.2) is 0 Å². The number of carbonyl (C=O) groups is 2. The van der Waals surface area contributed by atoms with Gasteiger partial charge in [-0.2, -0.15) is 0 Å². The molecule has 1 aliphatic rings. The van der Waals surface area contributed by atoms with Gasteiger partial charge in [-0.1, -0.05) is 16.8 Å². The third kappa shape index (κ3) is 4.99. The summed E-state index contributed by atoms with van der Waals surface area (Å²) in [5.41, 5.74) is 5.80. The van der Waals surface area contributed by atoms with E-state index in [9.17, 15) is 9.59 Å². The predicted octanol–water partition coefficient (Wildman–Crippen LogP) is 6.11. The van der Waals surface area contributed by atoms with Crippen molar-refractivity contribution in [3.63, 3.8) is 0 Å². The predicted molar refractivity (Wildman–Crippen MR) is 145 cm³/mol. The Morgan fingerprint density at radius 2 is 2.05 bits per heavy atom. The van der Waals surface area contributed by atoms with Crippen molar-refractivity contribution in [3.8, 4) is 21.9 Å². The van der Waals surface area contributed by atoms with Crippen LogP contribution in [0.15, 0.2) is 47.1 Å². The van der Waals surface area contributed by atoms with E-state index >= 15 is 0 Å². The average molecular weight is 536 g/mol. The van der Waals surface area contributed by atoms with Crippen molar-refractivity contribution in [1.82, 2.24) is 15.0 Å². The Morgan fingerprint density at radius 1 is 1.24 bits per heavy atom. The molecular weight excluding hydrogens is 510 g/mol. The van der Waals surface area contributed by atoms with Crippen LogP contribution in [0.2, 0.25) is 5.02 Å². The summed E-state index contributed by atoms with van der Waals surface area (Å²) in [4.78, 5) is 25.9. The summed E-state index contributed by atoms with van der Waals surface area (Å²) in [6, 6.07) is 9.70. The molecule has 1 amide bonds. The van der Waals surface area contributed by atoms with Crippen LogP contribution in [0.5, 0.6) is 5.75 Å². The summed E-state index contributed by atoms with van der Waals surface area (Å²) >= 11 is 7.97. The number of hydrogen-bond acceptors (Lipinski definition) is 6. The number of ketones is 1. The highest BCUT2D eigenvalue weighted by Gasteiger charge is 2.26. The molecule has 0 fully saturated rings. The SMILES string of the molecule is CC(=O)c1ccc(-c2cc(Cl)c3c(c2)CC(CNC(=O)/C=C/c2cc(C)n(-c4cnoc4C)c2C)O3)s1. The van der Waals surface area contributed by atoms with Crippen molar-refractivity contribution in [1.29, 1.82) is 0 Å². The highest BCUT2D eigenvalue weighted by atomic mass is 35.5. The Bertz CT molecular complexity index is 1540. The molecule has 1 aliphatic heterocycles. The summed E-state index contributed by atoms with van der Waals surface area (Å²) < 4.78 is 13.3. The van der Waals surface area contributed by atoms with Gasteiger partial charge in [0.15, 0.2) is 11.5 Å². The second kappa shape index (κ2) is 10.0. The van der Waals surface area contributed by atoms with Crippen LogP contribution in [0.25, 0.3) is 22.2 Å². The first-order valence-electron chi connectivity index (χ1n) is 11.9. The molecule has 1 aromatic carbocycles. The molecule has 0 saturated heterocycles. The standard InChI is InChI=1S/C28H26ClN3O4S/c1-15-9-19(16(2)32(15)24-14-31-36-18(24)4)5-8-27(34)30-13-22-11-21-10-20(12-23(29)28(21)35-22)26-7-6-25(37-26)17(3)33/h5-10,12,14,22H,11,13H2,1-4H3,(H,30,34)/b8-5+. The van der Waals surface area contributed by atoms with Crippen molar-refractivity contribution in [2.24, 2.45) is 0 Å². The molecule has 0 saturated carbocycles. The summed E-state index contributed by atoms with van der Waals surface area (Å²) in [5.74, 6) is 1.23. The third-order valence-corrected chi connectivity index (χ3v) is 7.96. The summed E-state index contributed by atoms with van der Waals surface area (Å²) in [7, 11) is 0. The number of benzene rings is 1. The lowest BCUT2D eigenvalue weighted by Gasteiger charge is -2.11. The Labute approximate surface area is 223 Å². The van der Waals surface area contributed by atoms with Gasteiger partial charge in [0.2, 0.25) is 5.91 Å². The maximum Gasteiger partial charge on any atom is 0.244 e. The van der Waals surface area contributed by atoms with Crippen molar-refractivity contribution in [2.45, 2.75) is 40.2 Å². The quantitative estimate of drug-likeness (QED) is 0.228. The Balaban J connectivity index is 1.22. The Hall–Kier alpha value is -3.62. The summed E-state index contributed by atoms with van der Waals surface area (Å²) in [6.07, 6.45) is 5.45. The fourth-order valence-electron chi connectivity index (χ4n) is 4.60. The highest BCUT2D eigenvalue weighted by Crippen LogP contribution is 2.41. The van der Waals surface area contributed by atoms with Gasteiger partial charge < -0.3 is 19.1 Å². The molecule has 0 radical (unpaired) electrons. The fraction of sp³-hybridized carbons (Fsp3) is 0.250. The van der Waals surface area contributed by atoms with E-state index in [0.717, 1.165) is 44.4 Å². The third-order valence-electron chi connectivity index (χ3n) is 6.44. The number of fused-ring (bicyclic) bond motifs is 1. The molecule has 0 bridgehead atoms. The van der Waals surface area contributed by atoms with Crippen LogP contribution < -0.4 is 10.1 Å². The maximum atomic E-state index is 12.6. The van der Waals surface area contributed by atoms with Gasteiger partial charge in [0.05, 0.1) is 22.6 Å². The molecule has 1 atom stereocenters. The van der Waals surface area contributed by atoms with Crippen LogP contribution in [0.3, 0.4) is 0 Å². The van der Waals surface area contributed by atoms with Crippen molar-refractivity contribution in [3.05, 3.63) is 80.8 Å². The largest absolute Gasteiger partial charge is 0.486 e. The highest BCUT2D eigenvalue weighted by molar-refractivity contribution is 7.17. The van der Waals surface area contributed by atoms with Gasteiger partial charge in [0, 0.05) is 34.3 Å². The summed E-state index contributed by atoms with van der Waals surface area (Å²) in [6.45, 7) is 7.79. The molecule has 37 heavy (non-hydrogen) atoms. The summed E-state index contributed by atoms with van der Waals surface area (Å²) in [5, 5.41) is 7.32. The second-order valence-electron chi connectivity index (χ2n) is 9.12. The van der Waals surface area contributed by atoms with Gasteiger partial charge in [-0.3, -0.25) is 9.59 Å². The second-order valence-corrected chi connectivity index (χ2v) is 10.6. The number of aryl methyl sites for hydroxylation is 2. The van der Waals surface area contributed by atoms with Crippen LogP contribution >= 0.6 is 22.9 Å². The molecule has 5 rings (SSSR count). The first-order chi connectivity index (χ1) is 17.7. The average Bonchev–Trinajstić information content (AvgIpc) is 3.63. The van der Waals surface area contributed by atoms with Crippen molar-refractivity contribution < 1.29 is 18.8 Å². The Kier molecular flexibility index (Phi) is 6.79. The number of rotatable bonds is 7. The molecule has 4 aromatic rings. The molecule has 3 aromatic heterocycles. The zero-order valence-electron chi connectivity index (χ0n) is 20.9. The molecule has 7 nitrogen and oxygen atoms in total. The van der Waals surface area contributed by atoms with Crippen LogP contribution in [0.4, 0.5) is 0 Å². The van der Waals surface area contributed by atoms with E-state index < -0.39 is 0 Å². The zero-order valence-corrected chi connectivity index (χ0v) is 22.5. The van der Waals surface area contributed by atoms with E-state index in [1.165, 1.54) is 17.4 Å². The van der Waals surface area contributed by atoms with Crippen molar-refractivity contribution in [2.75, 3.05) is 6.54 Å². The van der Waals surface area contributed by atoms with Crippen LogP contribution in [-0.4, -0.2) is 34.1 Å². The lowest BCUT2D eigenvalue weighted by atomic mass is 10.1. The molecule has 0 aliphatic carbocycles. The number of halogens is 1. The number of nitrogens with one attached hydrogen (secondary N) is 1. The molecule has 190 valence electrons. The smallest absolute Gasteiger partial charge is 0.244 e. The van der Waals surface area contributed by atoms with E-state index in [2.05, 4.69) is 15.0 Å². The number of thiophene rings is 1. The van der Waals surface area contributed by atoms with E-state index in [1.54, 1.807) is 19.2 Å². The van der Waals surface area contributed by atoms with E-state index in [1.807, 2.05) is 51.1 Å². The van der Waals surface area contributed by atoms with Crippen LogP contribution in [0.1, 0.15) is 44.9 Å². The van der Waals surface area contributed by atoms with Crippen LogP contribution in [-0.2, 0) is 11.2 Å². The van der Waals surface area contributed by atoms with Gasteiger partial charge in [-0.05, 0) is 75.2 Å². The number of amides is 1. The van der Waals surface area contributed by atoms with E-state index in [-0.39, 0.29) is 17.8 Å². The number of ether oxygens (including phenoxy) is 1. The number of Topliss-reactive ketones (excluding diaryl/α,β-unsaturated/α-hetero) is 1. The van der Waals surface area contributed by atoms with Gasteiger partial charge >= 0.3 is 0 Å². The van der Waals surface area contributed by atoms with Crippen molar-refractivity contribution >= 4 is 40.7 Å². The molecular formula is C28H26ClN3O4S. The normalized spacial score (nSPS) is 14.7. The number of aromatic nitrogens is 2. The molecule has 1 N–H and O–H groups in total. The minimum Gasteiger partial charge on any atom is -0.486 e. The molecule has 4 heterocycles. The molecule has 9 heteroatoms. The molecule has 0 spiro atoms. The lowest BCUT2D eigenvalue weighted by molar-refractivity contribution is -0.116. The minimum absolute atomic E-state index is 0.0462. The zero-order chi connectivity index (χ0) is 26.3. The lowest BCUT2D eigenvalue weighted by Crippen LogP contribution is -2.33. The van der Waals surface area contributed by atoms with E-state index in [4.69, 9.17) is 20.9 Å². The number of hydrogen-bond donors (Lipinski definition) is 1. The number of nitrogens with zero attached hydrogens (tertiary/aromatic N) is 2. The topological polar surface area (TPSA) is 86.4 Å². The Morgan fingerprint density at radius 3 is 2.76 bits per heavy atom. The van der Waals surface area contributed by atoms with Gasteiger partial charge in [0.1, 0.15) is 17.5 Å². The maximum absolute atomic E-state index is 12.6.